The van der Waals surface area contributed by atoms with Crippen LogP contribution in [0.5, 0.6) is 0 Å². The summed E-state index contributed by atoms with van der Waals surface area (Å²) in [5, 5.41) is 0. The first-order valence-electron chi connectivity index (χ1n) is 3.99. The predicted octanol–water partition coefficient (Wildman–Crippen LogP) is 2.12. The molecule has 0 nitrogen and oxygen atoms in total. The van der Waals surface area contributed by atoms with Crippen LogP contribution in [0.25, 0.3) is 0 Å². The predicted molar refractivity (Wildman–Crippen MR) is 47.9 cm³/mol. The number of aryl methyl sites for hydroxylation is 1. The van der Waals surface area contributed by atoms with E-state index in [2.05, 4.69) is 6.82 Å². The van der Waals surface area contributed by atoms with E-state index < -0.39 is 0 Å². The Hall–Kier alpha value is -0.785. The van der Waals surface area contributed by atoms with Crippen LogP contribution in [0.4, 0.5) is 4.39 Å². The van der Waals surface area contributed by atoms with Gasteiger partial charge < -0.3 is 0 Å². The van der Waals surface area contributed by atoms with Crippen LogP contribution in [-0.4, -0.2) is 7.28 Å². The zero-order valence-corrected chi connectivity index (χ0v) is 7.02. The lowest BCUT2D eigenvalue weighted by atomic mass is 9.75. The summed E-state index contributed by atoms with van der Waals surface area (Å²) < 4.78 is 13.2. The highest BCUT2D eigenvalue weighted by molar-refractivity contribution is 6.32. The molecule has 0 spiro atoms. The molecule has 1 aromatic carbocycles. The molecule has 0 aliphatic rings. The van der Waals surface area contributed by atoms with Gasteiger partial charge in [0.1, 0.15) is 13.1 Å². The quantitative estimate of drug-likeness (QED) is 0.566. The van der Waals surface area contributed by atoms with Crippen molar-refractivity contribution in [3.05, 3.63) is 35.1 Å². The normalized spacial score (nSPS) is 9.73. The summed E-state index contributed by atoms with van der Waals surface area (Å²) in [4.78, 5) is 0. The maximum atomic E-state index is 13.2. The van der Waals surface area contributed by atoms with Crippen LogP contribution in [0.3, 0.4) is 0 Å². The fourth-order valence-corrected chi connectivity index (χ4v) is 1.17. The van der Waals surface area contributed by atoms with E-state index in [-0.39, 0.29) is 5.82 Å². The second-order valence-corrected chi connectivity index (χ2v) is 2.80. The van der Waals surface area contributed by atoms with E-state index in [9.17, 15) is 4.39 Å². The Kier molecular flexibility index (Phi) is 2.69. The zero-order valence-electron chi connectivity index (χ0n) is 7.02. The van der Waals surface area contributed by atoms with E-state index in [0.29, 0.717) is 0 Å². The number of hydrogen-bond acceptors (Lipinski definition) is 0. The lowest BCUT2D eigenvalue weighted by molar-refractivity contribution is 0.607. The highest BCUT2D eigenvalue weighted by atomic mass is 19.1. The molecule has 0 unspecified atom stereocenters. The minimum atomic E-state index is -0.0330. The van der Waals surface area contributed by atoms with E-state index >= 15 is 0 Å². The monoisotopic (exact) mass is 150 g/mol. The average molecular weight is 150 g/mol. The molecular weight excluding hydrogens is 138 g/mol. The Balaban J connectivity index is 2.96. The zero-order chi connectivity index (χ0) is 8.27. The van der Waals surface area contributed by atoms with Crippen LogP contribution in [0.2, 0.25) is 6.82 Å². The standard InChI is InChI=1S/C9H12BF/c1-7-4-3-5-8(6-10-2)9(7)11/h3-5,10H,6H2,1-2H3. The molecule has 2 heteroatoms. The maximum absolute atomic E-state index is 13.2. The summed E-state index contributed by atoms with van der Waals surface area (Å²) >= 11 is 0. The third-order valence-corrected chi connectivity index (χ3v) is 1.79. The summed E-state index contributed by atoms with van der Waals surface area (Å²) in [5.41, 5.74) is 1.59. The lowest BCUT2D eigenvalue weighted by Gasteiger charge is -2.01. The molecule has 0 bridgehead atoms. The summed E-state index contributed by atoms with van der Waals surface area (Å²) in [6, 6.07) is 5.56. The van der Waals surface area contributed by atoms with Crippen molar-refractivity contribution in [3.63, 3.8) is 0 Å². The average Bonchev–Trinajstić information content (AvgIpc) is 1.99. The van der Waals surface area contributed by atoms with Gasteiger partial charge in [-0.15, -0.1) is 0 Å². The van der Waals surface area contributed by atoms with Crippen LogP contribution >= 0.6 is 0 Å². The van der Waals surface area contributed by atoms with Crippen LogP contribution < -0.4 is 0 Å². The van der Waals surface area contributed by atoms with Crippen molar-refractivity contribution in [2.24, 2.45) is 0 Å². The van der Waals surface area contributed by atoms with Gasteiger partial charge in [0.15, 0.2) is 0 Å². The first kappa shape index (κ1) is 8.31. The van der Waals surface area contributed by atoms with E-state index in [4.69, 9.17) is 0 Å². The third kappa shape index (κ3) is 1.82. The second-order valence-electron chi connectivity index (χ2n) is 2.80. The first-order chi connectivity index (χ1) is 5.25. The van der Waals surface area contributed by atoms with E-state index in [1.54, 1.807) is 13.0 Å². The van der Waals surface area contributed by atoms with Gasteiger partial charge in [0.2, 0.25) is 0 Å². The Bertz CT molecular complexity index is 245. The molecule has 0 saturated carbocycles. The second kappa shape index (κ2) is 3.56. The molecule has 0 saturated heterocycles. The molecular formula is C9H12BF. The molecule has 11 heavy (non-hydrogen) atoms. The molecule has 1 rings (SSSR count). The number of rotatable bonds is 2. The first-order valence-corrected chi connectivity index (χ1v) is 3.99. The summed E-state index contributed by atoms with van der Waals surface area (Å²) in [6.07, 6.45) is 0.841. The molecule has 0 aliphatic heterocycles. The SMILES string of the molecule is CBCc1cccc(C)c1F. The fourth-order valence-electron chi connectivity index (χ4n) is 1.17. The van der Waals surface area contributed by atoms with E-state index in [1.165, 1.54) is 0 Å². The smallest absolute Gasteiger partial charge is 0.128 e. The van der Waals surface area contributed by atoms with Crippen LogP contribution in [0.1, 0.15) is 11.1 Å². The van der Waals surface area contributed by atoms with Gasteiger partial charge in [0.05, 0.1) is 0 Å². The van der Waals surface area contributed by atoms with Gasteiger partial charge in [-0.1, -0.05) is 31.3 Å². The van der Waals surface area contributed by atoms with Crippen molar-refractivity contribution >= 4 is 7.28 Å². The molecule has 0 N–H and O–H groups in total. The fraction of sp³-hybridized carbons (Fsp3) is 0.333. The Morgan fingerprint density at radius 2 is 2.18 bits per heavy atom. The molecule has 1 aromatic rings. The molecule has 0 fully saturated rings. The highest BCUT2D eigenvalue weighted by Crippen LogP contribution is 2.11. The Labute approximate surface area is 67.7 Å². The molecule has 0 aliphatic carbocycles. The molecule has 0 heterocycles. The molecule has 0 amide bonds. The van der Waals surface area contributed by atoms with Crippen molar-refractivity contribution in [2.45, 2.75) is 20.1 Å². The van der Waals surface area contributed by atoms with Crippen molar-refractivity contribution in [1.82, 2.24) is 0 Å². The van der Waals surface area contributed by atoms with E-state index in [0.717, 1.165) is 24.7 Å². The Morgan fingerprint density at radius 1 is 1.45 bits per heavy atom. The topological polar surface area (TPSA) is 0 Å². The van der Waals surface area contributed by atoms with Crippen LogP contribution in [-0.2, 0) is 6.32 Å². The van der Waals surface area contributed by atoms with Gasteiger partial charge in [0.25, 0.3) is 0 Å². The van der Waals surface area contributed by atoms with Gasteiger partial charge >= 0.3 is 0 Å². The molecule has 0 radical (unpaired) electrons. The summed E-state index contributed by atoms with van der Waals surface area (Å²) in [5.74, 6) is -0.0330. The summed E-state index contributed by atoms with van der Waals surface area (Å²) in [6.45, 7) is 3.86. The van der Waals surface area contributed by atoms with Gasteiger partial charge in [-0.25, -0.2) is 4.39 Å². The largest absolute Gasteiger partial charge is 0.206 e. The van der Waals surface area contributed by atoms with Crippen molar-refractivity contribution in [3.8, 4) is 0 Å². The highest BCUT2D eigenvalue weighted by Gasteiger charge is 2.02. The van der Waals surface area contributed by atoms with Gasteiger partial charge in [-0.2, -0.15) is 0 Å². The lowest BCUT2D eigenvalue weighted by Crippen LogP contribution is -1.96. The molecule has 0 atom stereocenters. The number of hydrogen-bond donors (Lipinski definition) is 0. The number of halogens is 1. The van der Waals surface area contributed by atoms with Gasteiger partial charge in [0, 0.05) is 0 Å². The minimum Gasteiger partial charge on any atom is -0.206 e. The van der Waals surface area contributed by atoms with Crippen LogP contribution in [0, 0.1) is 12.7 Å². The van der Waals surface area contributed by atoms with Crippen molar-refractivity contribution in [1.29, 1.82) is 0 Å². The van der Waals surface area contributed by atoms with Gasteiger partial charge in [-0.05, 0) is 18.1 Å². The van der Waals surface area contributed by atoms with Crippen molar-refractivity contribution in [2.75, 3.05) is 0 Å². The Morgan fingerprint density at radius 3 is 2.82 bits per heavy atom. The van der Waals surface area contributed by atoms with Gasteiger partial charge in [-0.3, -0.25) is 0 Å². The maximum Gasteiger partial charge on any atom is 0.128 e. The minimum absolute atomic E-state index is 0.0330. The van der Waals surface area contributed by atoms with Crippen molar-refractivity contribution < 1.29 is 4.39 Å². The molecule has 0 aromatic heterocycles. The van der Waals surface area contributed by atoms with Crippen LogP contribution in [0.15, 0.2) is 18.2 Å². The molecule has 58 valence electrons. The third-order valence-electron chi connectivity index (χ3n) is 1.79. The number of benzene rings is 1. The van der Waals surface area contributed by atoms with E-state index in [1.807, 2.05) is 12.1 Å². The summed E-state index contributed by atoms with van der Waals surface area (Å²) in [7, 11) is 1.00.